The maximum Gasteiger partial charge on any atom is 0.0948 e. The summed E-state index contributed by atoms with van der Waals surface area (Å²) in [7, 11) is 1.74. The minimum Gasteiger partial charge on any atom is -0.385 e. The highest BCUT2D eigenvalue weighted by molar-refractivity contribution is 5.06. The van der Waals surface area contributed by atoms with E-state index in [1.807, 2.05) is 12.5 Å². The highest BCUT2D eigenvalue weighted by Gasteiger charge is 2.22. The minimum atomic E-state index is 0.0470. The summed E-state index contributed by atoms with van der Waals surface area (Å²) in [5.41, 5.74) is 7.52. The van der Waals surface area contributed by atoms with E-state index < -0.39 is 0 Å². The Labute approximate surface area is 111 Å². The van der Waals surface area contributed by atoms with Gasteiger partial charge in [0.1, 0.15) is 0 Å². The van der Waals surface area contributed by atoms with Gasteiger partial charge < -0.3 is 15.0 Å². The number of rotatable bonds is 7. The second-order valence-electron chi connectivity index (χ2n) is 6.12. The molecule has 0 aromatic carbocycles. The van der Waals surface area contributed by atoms with Crippen molar-refractivity contribution >= 4 is 0 Å². The van der Waals surface area contributed by atoms with Gasteiger partial charge >= 0.3 is 0 Å². The summed E-state index contributed by atoms with van der Waals surface area (Å²) in [5.74, 6) is 0.419. The lowest BCUT2D eigenvalue weighted by Crippen LogP contribution is -2.26. The Morgan fingerprint density at radius 3 is 2.67 bits per heavy atom. The van der Waals surface area contributed by atoms with Gasteiger partial charge in [0.15, 0.2) is 0 Å². The van der Waals surface area contributed by atoms with Gasteiger partial charge in [-0.3, -0.25) is 0 Å². The molecule has 104 valence electrons. The normalized spacial score (nSPS) is 14.2. The molecule has 0 fully saturated rings. The van der Waals surface area contributed by atoms with Gasteiger partial charge in [0, 0.05) is 32.5 Å². The number of nitrogens with zero attached hydrogens (tertiary/aromatic N) is 2. The molecule has 0 aliphatic carbocycles. The molecule has 0 saturated carbocycles. The van der Waals surface area contributed by atoms with Crippen LogP contribution in [0.5, 0.6) is 0 Å². The average molecular weight is 253 g/mol. The van der Waals surface area contributed by atoms with E-state index in [2.05, 4.69) is 37.2 Å². The fourth-order valence-electron chi connectivity index (χ4n) is 2.00. The molecule has 1 heterocycles. The highest BCUT2D eigenvalue weighted by atomic mass is 16.5. The molecule has 1 atom stereocenters. The topological polar surface area (TPSA) is 53.1 Å². The molecule has 0 radical (unpaired) electrons. The predicted octanol–water partition coefficient (Wildman–Crippen LogP) is 2.60. The first-order valence-electron chi connectivity index (χ1n) is 6.62. The Kier molecular flexibility index (Phi) is 5.35. The molecular weight excluding hydrogens is 226 g/mol. The van der Waals surface area contributed by atoms with E-state index in [1.54, 1.807) is 7.11 Å². The molecule has 0 bridgehead atoms. The second-order valence-corrected chi connectivity index (χ2v) is 6.12. The maximum atomic E-state index is 6.22. The van der Waals surface area contributed by atoms with Crippen molar-refractivity contribution in [3.63, 3.8) is 0 Å². The lowest BCUT2D eigenvalue weighted by Gasteiger charge is -2.27. The van der Waals surface area contributed by atoms with Crippen molar-refractivity contribution in [3.8, 4) is 0 Å². The number of hydrogen-bond acceptors (Lipinski definition) is 3. The van der Waals surface area contributed by atoms with E-state index in [9.17, 15) is 0 Å². The number of aromatic nitrogens is 2. The average Bonchev–Trinajstić information content (AvgIpc) is 2.72. The van der Waals surface area contributed by atoms with Crippen molar-refractivity contribution in [2.45, 2.75) is 46.7 Å². The SMILES string of the molecule is COCCC(C)(C)Cn1cncc1C(N)C(C)C. The Morgan fingerprint density at radius 2 is 2.11 bits per heavy atom. The van der Waals surface area contributed by atoms with Crippen molar-refractivity contribution in [1.82, 2.24) is 9.55 Å². The molecule has 4 heteroatoms. The first-order valence-corrected chi connectivity index (χ1v) is 6.62. The molecule has 0 aliphatic heterocycles. The van der Waals surface area contributed by atoms with Crippen LogP contribution in [0.2, 0.25) is 0 Å². The molecule has 4 nitrogen and oxygen atoms in total. The lowest BCUT2D eigenvalue weighted by molar-refractivity contribution is 0.141. The first kappa shape index (κ1) is 15.2. The third-order valence-electron chi connectivity index (χ3n) is 3.39. The number of imidazole rings is 1. The third-order valence-corrected chi connectivity index (χ3v) is 3.39. The van der Waals surface area contributed by atoms with Crippen molar-refractivity contribution in [2.24, 2.45) is 17.1 Å². The van der Waals surface area contributed by atoms with Gasteiger partial charge in [0.05, 0.1) is 12.0 Å². The Morgan fingerprint density at radius 1 is 1.44 bits per heavy atom. The molecule has 0 aliphatic rings. The zero-order valence-corrected chi connectivity index (χ0v) is 12.3. The quantitative estimate of drug-likeness (QED) is 0.812. The molecule has 0 saturated heterocycles. The predicted molar refractivity (Wildman–Crippen MR) is 74.3 cm³/mol. The van der Waals surface area contributed by atoms with Crippen LogP contribution >= 0.6 is 0 Å². The first-order chi connectivity index (χ1) is 8.37. The summed E-state index contributed by atoms with van der Waals surface area (Å²) in [5, 5.41) is 0. The van der Waals surface area contributed by atoms with E-state index in [-0.39, 0.29) is 11.5 Å². The Balaban J connectivity index is 2.76. The summed E-state index contributed by atoms with van der Waals surface area (Å²) in [6, 6.07) is 0.0470. The van der Waals surface area contributed by atoms with Crippen LogP contribution in [0, 0.1) is 11.3 Å². The van der Waals surface area contributed by atoms with Crippen molar-refractivity contribution in [2.75, 3.05) is 13.7 Å². The summed E-state index contributed by atoms with van der Waals surface area (Å²) >= 11 is 0. The van der Waals surface area contributed by atoms with E-state index in [4.69, 9.17) is 10.5 Å². The van der Waals surface area contributed by atoms with Crippen LogP contribution in [0.1, 0.15) is 45.9 Å². The van der Waals surface area contributed by atoms with Crippen LogP contribution in [0.4, 0.5) is 0 Å². The smallest absolute Gasteiger partial charge is 0.0948 e. The van der Waals surface area contributed by atoms with Crippen LogP contribution in [0.15, 0.2) is 12.5 Å². The number of hydrogen-bond donors (Lipinski definition) is 1. The van der Waals surface area contributed by atoms with Crippen LogP contribution < -0.4 is 5.73 Å². The van der Waals surface area contributed by atoms with Gasteiger partial charge in [-0.2, -0.15) is 0 Å². The number of nitrogens with two attached hydrogens (primary N) is 1. The summed E-state index contributed by atoms with van der Waals surface area (Å²) in [6.07, 6.45) is 4.79. The summed E-state index contributed by atoms with van der Waals surface area (Å²) in [4.78, 5) is 4.24. The standard InChI is InChI=1S/C14H27N3O/c1-11(2)13(15)12-8-16-10-17(12)9-14(3,4)6-7-18-5/h8,10-11,13H,6-7,9,15H2,1-5H3. The summed E-state index contributed by atoms with van der Waals surface area (Å²) in [6.45, 7) is 10.5. The second kappa shape index (κ2) is 6.34. The highest BCUT2D eigenvalue weighted by Crippen LogP contribution is 2.26. The van der Waals surface area contributed by atoms with Crippen molar-refractivity contribution in [3.05, 3.63) is 18.2 Å². The van der Waals surface area contributed by atoms with Crippen LogP contribution in [-0.2, 0) is 11.3 Å². The van der Waals surface area contributed by atoms with E-state index in [0.29, 0.717) is 5.92 Å². The zero-order chi connectivity index (χ0) is 13.8. The van der Waals surface area contributed by atoms with E-state index >= 15 is 0 Å². The van der Waals surface area contributed by atoms with Gasteiger partial charge in [-0.05, 0) is 17.8 Å². The van der Waals surface area contributed by atoms with Gasteiger partial charge in [0.25, 0.3) is 0 Å². The maximum absolute atomic E-state index is 6.22. The number of ether oxygens (including phenoxy) is 1. The summed E-state index contributed by atoms with van der Waals surface area (Å²) < 4.78 is 7.34. The molecule has 1 unspecified atom stereocenters. The minimum absolute atomic E-state index is 0.0470. The monoisotopic (exact) mass is 253 g/mol. The van der Waals surface area contributed by atoms with Gasteiger partial charge in [0.2, 0.25) is 0 Å². The zero-order valence-electron chi connectivity index (χ0n) is 12.3. The van der Waals surface area contributed by atoms with E-state index in [0.717, 1.165) is 25.3 Å². The molecular formula is C14H27N3O. The van der Waals surface area contributed by atoms with Gasteiger partial charge in [-0.25, -0.2) is 4.98 Å². The van der Waals surface area contributed by atoms with Gasteiger partial charge in [-0.15, -0.1) is 0 Å². The Hall–Kier alpha value is -0.870. The molecule has 1 aromatic heterocycles. The third kappa shape index (κ3) is 4.10. The largest absolute Gasteiger partial charge is 0.385 e. The van der Waals surface area contributed by atoms with Gasteiger partial charge in [-0.1, -0.05) is 27.7 Å². The Bertz CT molecular complexity index is 358. The van der Waals surface area contributed by atoms with Crippen molar-refractivity contribution in [1.29, 1.82) is 0 Å². The molecule has 2 N–H and O–H groups in total. The van der Waals surface area contributed by atoms with Crippen LogP contribution in [-0.4, -0.2) is 23.3 Å². The fourth-order valence-corrected chi connectivity index (χ4v) is 2.00. The lowest BCUT2D eigenvalue weighted by atomic mass is 9.89. The fraction of sp³-hybridized carbons (Fsp3) is 0.786. The van der Waals surface area contributed by atoms with Crippen LogP contribution in [0.3, 0.4) is 0 Å². The molecule has 0 spiro atoms. The molecule has 1 aromatic rings. The van der Waals surface area contributed by atoms with E-state index in [1.165, 1.54) is 0 Å². The molecule has 0 amide bonds. The van der Waals surface area contributed by atoms with Crippen LogP contribution in [0.25, 0.3) is 0 Å². The molecule has 1 rings (SSSR count). The molecule has 18 heavy (non-hydrogen) atoms. The number of methoxy groups -OCH3 is 1. The van der Waals surface area contributed by atoms with Crippen molar-refractivity contribution < 1.29 is 4.74 Å².